The third kappa shape index (κ3) is 2.82. The van der Waals surface area contributed by atoms with E-state index in [1.165, 1.54) is 20.3 Å². The summed E-state index contributed by atoms with van der Waals surface area (Å²) in [5.74, 6) is 2.82. The Morgan fingerprint density at radius 1 is 1.47 bits per heavy atom. The highest BCUT2D eigenvalue weighted by molar-refractivity contribution is 6.01. The van der Waals surface area contributed by atoms with Gasteiger partial charge in [0.1, 0.15) is 11.5 Å². The molecule has 5 heteroatoms. The molecule has 1 amide bonds. The second kappa shape index (κ2) is 5.66. The molecular formula is C12H14N2O3. The first-order valence-electron chi connectivity index (χ1n) is 4.87. The first-order valence-corrected chi connectivity index (χ1v) is 4.87. The topological polar surface area (TPSA) is 73.6 Å². The van der Waals surface area contributed by atoms with Gasteiger partial charge in [0.25, 0.3) is 5.91 Å². The van der Waals surface area contributed by atoms with Crippen molar-refractivity contribution >= 4 is 11.6 Å². The number of methoxy groups -OCH3 is 2. The summed E-state index contributed by atoms with van der Waals surface area (Å²) in [5.41, 5.74) is 6.32. The molecule has 5 nitrogen and oxygen atoms in total. The van der Waals surface area contributed by atoms with Crippen molar-refractivity contribution in [3.8, 4) is 23.8 Å². The number of nitrogens with one attached hydrogen (secondary N) is 1. The lowest BCUT2D eigenvalue weighted by Crippen LogP contribution is -2.24. The normalized spacial score (nSPS) is 9.24. The van der Waals surface area contributed by atoms with Gasteiger partial charge in [-0.25, -0.2) is 0 Å². The number of hydrogen-bond donors (Lipinski definition) is 2. The van der Waals surface area contributed by atoms with Gasteiger partial charge in [0.2, 0.25) is 0 Å². The predicted octanol–water partition coefficient (Wildman–Crippen LogP) is 0.649. The van der Waals surface area contributed by atoms with E-state index in [0.717, 1.165) is 0 Å². The zero-order valence-corrected chi connectivity index (χ0v) is 9.74. The van der Waals surface area contributed by atoms with Crippen molar-refractivity contribution in [2.24, 2.45) is 0 Å². The van der Waals surface area contributed by atoms with Crippen molar-refractivity contribution in [3.05, 3.63) is 17.7 Å². The van der Waals surface area contributed by atoms with Crippen LogP contribution in [0.4, 0.5) is 5.69 Å². The number of ether oxygens (including phenoxy) is 2. The Labute approximate surface area is 99.9 Å². The minimum atomic E-state index is -0.363. The van der Waals surface area contributed by atoms with E-state index in [4.69, 9.17) is 21.6 Å². The van der Waals surface area contributed by atoms with Gasteiger partial charge < -0.3 is 20.5 Å². The monoisotopic (exact) mass is 234 g/mol. The van der Waals surface area contributed by atoms with Crippen LogP contribution in [0.5, 0.6) is 11.5 Å². The molecule has 0 unspecified atom stereocenters. The van der Waals surface area contributed by atoms with Crippen LogP contribution < -0.4 is 20.5 Å². The summed E-state index contributed by atoms with van der Waals surface area (Å²) < 4.78 is 10.1. The maximum atomic E-state index is 11.8. The molecule has 0 saturated heterocycles. The van der Waals surface area contributed by atoms with Gasteiger partial charge in [-0.2, -0.15) is 0 Å². The third-order valence-electron chi connectivity index (χ3n) is 2.17. The standard InChI is InChI=1S/C12H14N2O3/c1-4-5-14-12(15)9-6-8(16-2)7-10(17-3)11(9)13/h1,6-7H,5,13H2,2-3H3,(H,14,15). The van der Waals surface area contributed by atoms with Gasteiger partial charge >= 0.3 is 0 Å². The van der Waals surface area contributed by atoms with Crippen LogP contribution in [-0.4, -0.2) is 26.7 Å². The maximum absolute atomic E-state index is 11.8. The highest BCUT2D eigenvalue weighted by Gasteiger charge is 2.15. The van der Waals surface area contributed by atoms with E-state index in [1.807, 2.05) is 0 Å². The molecule has 1 aromatic rings. The average Bonchev–Trinajstić information content (AvgIpc) is 2.36. The first kappa shape index (κ1) is 12.7. The summed E-state index contributed by atoms with van der Waals surface area (Å²) in [6.07, 6.45) is 5.06. The van der Waals surface area contributed by atoms with E-state index >= 15 is 0 Å². The van der Waals surface area contributed by atoms with E-state index in [9.17, 15) is 4.79 Å². The number of carbonyl (C=O) groups excluding carboxylic acids is 1. The van der Waals surface area contributed by atoms with Crippen molar-refractivity contribution < 1.29 is 14.3 Å². The summed E-state index contributed by atoms with van der Waals surface area (Å²) in [5, 5.41) is 2.53. The lowest BCUT2D eigenvalue weighted by molar-refractivity contribution is 0.0959. The lowest BCUT2D eigenvalue weighted by Gasteiger charge is -2.12. The van der Waals surface area contributed by atoms with Gasteiger partial charge in [-0.15, -0.1) is 6.42 Å². The van der Waals surface area contributed by atoms with Crippen molar-refractivity contribution in [1.82, 2.24) is 5.32 Å². The van der Waals surface area contributed by atoms with E-state index in [2.05, 4.69) is 11.2 Å². The number of nitrogens with two attached hydrogens (primary N) is 1. The summed E-state index contributed by atoms with van der Waals surface area (Å²) in [6.45, 7) is 0.137. The predicted molar refractivity (Wildman–Crippen MR) is 65.1 cm³/mol. The van der Waals surface area contributed by atoms with Gasteiger partial charge in [-0.3, -0.25) is 4.79 Å². The largest absolute Gasteiger partial charge is 0.497 e. The summed E-state index contributed by atoms with van der Waals surface area (Å²) in [6, 6.07) is 3.14. The number of nitrogen functional groups attached to an aromatic ring is 1. The van der Waals surface area contributed by atoms with E-state index < -0.39 is 0 Å². The highest BCUT2D eigenvalue weighted by atomic mass is 16.5. The van der Waals surface area contributed by atoms with Crippen molar-refractivity contribution in [2.45, 2.75) is 0 Å². The van der Waals surface area contributed by atoms with Crippen LogP contribution in [0.25, 0.3) is 0 Å². The number of benzene rings is 1. The number of anilines is 1. The quantitative estimate of drug-likeness (QED) is 0.592. The Morgan fingerprint density at radius 2 is 2.18 bits per heavy atom. The zero-order chi connectivity index (χ0) is 12.8. The summed E-state index contributed by atoms with van der Waals surface area (Å²) in [4.78, 5) is 11.8. The molecule has 0 spiro atoms. The Bertz CT molecular complexity index is 464. The van der Waals surface area contributed by atoms with Gasteiger partial charge in [0.15, 0.2) is 0 Å². The fraction of sp³-hybridized carbons (Fsp3) is 0.250. The van der Waals surface area contributed by atoms with Gasteiger partial charge in [0, 0.05) is 6.07 Å². The van der Waals surface area contributed by atoms with Crippen molar-refractivity contribution in [1.29, 1.82) is 0 Å². The molecular weight excluding hydrogens is 220 g/mol. The molecule has 3 N–H and O–H groups in total. The minimum absolute atomic E-state index is 0.137. The molecule has 0 atom stereocenters. The molecule has 0 aliphatic rings. The Morgan fingerprint density at radius 3 is 2.71 bits per heavy atom. The molecule has 17 heavy (non-hydrogen) atoms. The second-order valence-electron chi connectivity index (χ2n) is 3.18. The second-order valence-corrected chi connectivity index (χ2v) is 3.18. The Hall–Kier alpha value is -2.35. The van der Waals surface area contributed by atoms with Crippen LogP contribution in [0.2, 0.25) is 0 Å². The van der Waals surface area contributed by atoms with Gasteiger partial charge in [-0.1, -0.05) is 5.92 Å². The molecule has 0 bridgehead atoms. The number of hydrogen-bond acceptors (Lipinski definition) is 4. The minimum Gasteiger partial charge on any atom is -0.497 e. The number of rotatable bonds is 4. The molecule has 1 aromatic carbocycles. The van der Waals surface area contributed by atoms with Crippen LogP contribution in [0, 0.1) is 12.3 Å². The molecule has 90 valence electrons. The zero-order valence-electron chi connectivity index (χ0n) is 9.74. The molecule has 0 fully saturated rings. The molecule has 0 aliphatic heterocycles. The van der Waals surface area contributed by atoms with Crippen LogP contribution in [-0.2, 0) is 0 Å². The van der Waals surface area contributed by atoms with E-state index in [0.29, 0.717) is 11.5 Å². The third-order valence-corrected chi connectivity index (χ3v) is 2.17. The fourth-order valence-corrected chi connectivity index (χ4v) is 1.30. The SMILES string of the molecule is C#CCNC(=O)c1cc(OC)cc(OC)c1N. The lowest BCUT2D eigenvalue weighted by atomic mass is 10.1. The summed E-state index contributed by atoms with van der Waals surface area (Å²) >= 11 is 0. The fourth-order valence-electron chi connectivity index (χ4n) is 1.30. The molecule has 1 rings (SSSR count). The molecule has 0 radical (unpaired) electrons. The van der Waals surface area contributed by atoms with Crippen molar-refractivity contribution in [3.63, 3.8) is 0 Å². The Kier molecular flexibility index (Phi) is 4.23. The average molecular weight is 234 g/mol. The smallest absolute Gasteiger partial charge is 0.254 e. The maximum Gasteiger partial charge on any atom is 0.254 e. The van der Waals surface area contributed by atoms with E-state index in [1.54, 1.807) is 6.07 Å². The Balaban J connectivity index is 3.13. The van der Waals surface area contributed by atoms with Crippen LogP contribution in [0.15, 0.2) is 12.1 Å². The number of amides is 1. The van der Waals surface area contributed by atoms with E-state index in [-0.39, 0.29) is 23.7 Å². The molecule has 0 heterocycles. The molecule has 0 aromatic heterocycles. The molecule has 0 aliphatic carbocycles. The number of carbonyl (C=O) groups is 1. The first-order chi connectivity index (χ1) is 8.13. The van der Waals surface area contributed by atoms with Crippen molar-refractivity contribution in [2.75, 3.05) is 26.5 Å². The van der Waals surface area contributed by atoms with Crippen LogP contribution in [0.3, 0.4) is 0 Å². The van der Waals surface area contributed by atoms with Crippen LogP contribution >= 0.6 is 0 Å². The van der Waals surface area contributed by atoms with Gasteiger partial charge in [0.05, 0.1) is 32.0 Å². The number of terminal acetylenes is 1. The summed E-state index contributed by atoms with van der Waals surface area (Å²) in [7, 11) is 2.96. The van der Waals surface area contributed by atoms with Gasteiger partial charge in [-0.05, 0) is 6.07 Å². The highest BCUT2D eigenvalue weighted by Crippen LogP contribution is 2.30. The van der Waals surface area contributed by atoms with Crippen LogP contribution in [0.1, 0.15) is 10.4 Å². The molecule has 0 saturated carbocycles.